The van der Waals surface area contributed by atoms with Crippen molar-refractivity contribution in [3.8, 4) is 0 Å². The third-order valence-electron chi connectivity index (χ3n) is 1.96. The number of rotatable bonds is 3. The Bertz CT molecular complexity index is 340. The van der Waals surface area contributed by atoms with Crippen LogP contribution >= 0.6 is 0 Å². The van der Waals surface area contributed by atoms with Crippen LogP contribution in [0.5, 0.6) is 0 Å². The van der Waals surface area contributed by atoms with Crippen LogP contribution in [0.2, 0.25) is 0 Å². The van der Waals surface area contributed by atoms with Crippen LogP contribution in [-0.2, 0) is 12.8 Å². The molecule has 1 aromatic carbocycles. The van der Waals surface area contributed by atoms with Crippen LogP contribution in [0.15, 0.2) is 36.7 Å². The number of nitrogens with one attached hydrogen (secondary N) is 1. The summed E-state index contributed by atoms with van der Waals surface area (Å²) >= 11 is 0. The van der Waals surface area contributed by atoms with Crippen molar-refractivity contribution in [2.24, 2.45) is 0 Å². The summed E-state index contributed by atoms with van der Waals surface area (Å²) < 4.78 is 0. The second-order valence-electron chi connectivity index (χ2n) is 2.92. The van der Waals surface area contributed by atoms with E-state index in [2.05, 4.69) is 39.4 Å². The summed E-state index contributed by atoms with van der Waals surface area (Å²) in [6.07, 6.45) is 3.54. The van der Waals surface area contributed by atoms with E-state index in [-0.39, 0.29) is 0 Å². The molecule has 0 aliphatic rings. The van der Waals surface area contributed by atoms with Crippen molar-refractivity contribution in [3.63, 3.8) is 0 Å². The maximum absolute atomic E-state index is 3.93. The summed E-state index contributed by atoms with van der Waals surface area (Å²) in [6.45, 7) is 0. The minimum absolute atomic E-state index is 0.921. The van der Waals surface area contributed by atoms with Crippen LogP contribution in [0.3, 0.4) is 0 Å². The second-order valence-corrected chi connectivity index (χ2v) is 2.92. The van der Waals surface area contributed by atoms with Gasteiger partial charge in [-0.05, 0) is 12.0 Å². The van der Waals surface area contributed by atoms with Crippen molar-refractivity contribution in [1.29, 1.82) is 0 Å². The highest BCUT2D eigenvalue weighted by Crippen LogP contribution is 2.02. The molecule has 0 amide bonds. The highest BCUT2D eigenvalue weighted by molar-refractivity contribution is 5.15. The lowest BCUT2D eigenvalue weighted by molar-refractivity contribution is 0.865. The van der Waals surface area contributed by atoms with Gasteiger partial charge in [-0.3, -0.25) is 0 Å². The van der Waals surface area contributed by atoms with E-state index >= 15 is 0 Å². The SMILES string of the molecule is c1ccc(CCc2nnc[nH]2)cc1. The van der Waals surface area contributed by atoms with Crippen LogP contribution in [0, 0.1) is 0 Å². The molecule has 0 bridgehead atoms. The zero-order chi connectivity index (χ0) is 8.93. The molecule has 0 radical (unpaired) electrons. The second kappa shape index (κ2) is 3.85. The largest absolute Gasteiger partial charge is 0.332 e. The summed E-state index contributed by atoms with van der Waals surface area (Å²) in [4.78, 5) is 2.99. The Kier molecular flexibility index (Phi) is 2.36. The first-order valence-corrected chi connectivity index (χ1v) is 4.34. The Morgan fingerprint density at radius 1 is 1.08 bits per heavy atom. The van der Waals surface area contributed by atoms with E-state index in [1.165, 1.54) is 5.56 Å². The van der Waals surface area contributed by atoms with Gasteiger partial charge in [0.25, 0.3) is 0 Å². The molecule has 0 aliphatic carbocycles. The predicted octanol–water partition coefficient (Wildman–Crippen LogP) is 1.59. The van der Waals surface area contributed by atoms with Gasteiger partial charge >= 0.3 is 0 Å². The lowest BCUT2D eigenvalue weighted by atomic mass is 10.1. The van der Waals surface area contributed by atoms with Crippen molar-refractivity contribution < 1.29 is 0 Å². The van der Waals surface area contributed by atoms with E-state index in [0.29, 0.717) is 0 Å². The molecule has 0 saturated heterocycles. The maximum atomic E-state index is 3.93. The normalized spacial score (nSPS) is 10.2. The average molecular weight is 173 g/mol. The van der Waals surface area contributed by atoms with Gasteiger partial charge < -0.3 is 4.98 Å². The van der Waals surface area contributed by atoms with E-state index in [9.17, 15) is 0 Å². The lowest BCUT2D eigenvalue weighted by Gasteiger charge is -1.97. The molecule has 3 heteroatoms. The van der Waals surface area contributed by atoms with E-state index < -0.39 is 0 Å². The number of H-pyrrole nitrogens is 1. The number of aromatic nitrogens is 3. The fourth-order valence-electron chi connectivity index (χ4n) is 1.26. The molecule has 0 saturated carbocycles. The van der Waals surface area contributed by atoms with Gasteiger partial charge in [0.15, 0.2) is 0 Å². The lowest BCUT2D eigenvalue weighted by Crippen LogP contribution is -1.92. The van der Waals surface area contributed by atoms with E-state index in [1.807, 2.05) is 6.07 Å². The molecule has 3 nitrogen and oxygen atoms in total. The van der Waals surface area contributed by atoms with Crippen LogP contribution in [0.25, 0.3) is 0 Å². The average Bonchev–Trinajstić information content (AvgIpc) is 2.69. The number of aromatic amines is 1. The topological polar surface area (TPSA) is 41.6 Å². The summed E-state index contributed by atoms with van der Waals surface area (Å²) in [6, 6.07) is 10.4. The molecule has 1 heterocycles. The zero-order valence-electron chi connectivity index (χ0n) is 7.27. The third kappa shape index (κ3) is 2.15. The Labute approximate surface area is 76.8 Å². The predicted molar refractivity (Wildman–Crippen MR) is 50.2 cm³/mol. The van der Waals surface area contributed by atoms with Crippen molar-refractivity contribution in [2.75, 3.05) is 0 Å². The Morgan fingerprint density at radius 2 is 1.92 bits per heavy atom. The Balaban J connectivity index is 1.94. The van der Waals surface area contributed by atoms with Gasteiger partial charge in [-0.15, -0.1) is 10.2 Å². The molecule has 0 unspecified atom stereocenters. The number of hydrogen-bond acceptors (Lipinski definition) is 2. The Hall–Kier alpha value is -1.64. The van der Waals surface area contributed by atoms with Crippen molar-refractivity contribution in [2.45, 2.75) is 12.8 Å². The van der Waals surface area contributed by atoms with Gasteiger partial charge in [0.2, 0.25) is 0 Å². The fraction of sp³-hybridized carbons (Fsp3) is 0.200. The maximum Gasteiger partial charge on any atom is 0.130 e. The van der Waals surface area contributed by atoms with Gasteiger partial charge in [-0.25, -0.2) is 0 Å². The minimum atomic E-state index is 0.921. The molecule has 1 N–H and O–H groups in total. The van der Waals surface area contributed by atoms with Crippen LogP contribution in [0.1, 0.15) is 11.4 Å². The summed E-state index contributed by atoms with van der Waals surface area (Å²) in [5.41, 5.74) is 1.33. The number of aryl methyl sites for hydroxylation is 2. The molecule has 66 valence electrons. The molecule has 0 aliphatic heterocycles. The summed E-state index contributed by atoms with van der Waals surface area (Å²) in [5, 5.41) is 7.65. The van der Waals surface area contributed by atoms with Crippen LogP contribution in [-0.4, -0.2) is 15.2 Å². The van der Waals surface area contributed by atoms with Crippen molar-refractivity contribution >= 4 is 0 Å². The molecule has 2 aromatic rings. The van der Waals surface area contributed by atoms with E-state index in [0.717, 1.165) is 18.7 Å². The standard InChI is InChI=1S/C10H11N3/c1-2-4-9(5-3-1)6-7-10-11-8-12-13-10/h1-5,8H,6-7H2,(H,11,12,13). The third-order valence-corrected chi connectivity index (χ3v) is 1.96. The summed E-state index contributed by atoms with van der Waals surface area (Å²) in [7, 11) is 0. The molecule has 13 heavy (non-hydrogen) atoms. The van der Waals surface area contributed by atoms with Gasteiger partial charge in [-0.1, -0.05) is 30.3 Å². The highest BCUT2D eigenvalue weighted by atomic mass is 15.2. The molecule has 2 rings (SSSR count). The molecule has 0 spiro atoms. The van der Waals surface area contributed by atoms with Crippen molar-refractivity contribution in [3.05, 3.63) is 48.0 Å². The highest BCUT2D eigenvalue weighted by Gasteiger charge is 1.96. The van der Waals surface area contributed by atoms with E-state index in [4.69, 9.17) is 0 Å². The van der Waals surface area contributed by atoms with Gasteiger partial charge in [0, 0.05) is 6.42 Å². The van der Waals surface area contributed by atoms with Gasteiger partial charge in [-0.2, -0.15) is 0 Å². The quantitative estimate of drug-likeness (QED) is 0.765. The van der Waals surface area contributed by atoms with Gasteiger partial charge in [0.05, 0.1) is 0 Å². The van der Waals surface area contributed by atoms with Gasteiger partial charge in [0.1, 0.15) is 12.2 Å². The molecular formula is C10H11N3. The zero-order valence-corrected chi connectivity index (χ0v) is 7.27. The number of hydrogen-bond donors (Lipinski definition) is 1. The van der Waals surface area contributed by atoms with Crippen LogP contribution < -0.4 is 0 Å². The smallest absolute Gasteiger partial charge is 0.130 e. The number of nitrogens with zero attached hydrogens (tertiary/aromatic N) is 2. The minimum Gasteiger partial charge on any atom is -0.332 e. The molecule has 0 fully saturated rings. The van der Waals surface area contributed by atoms with Crippen LogP contribution in [0.4, 0.5) is 0 Å². The van der Waals surface area contributed by atoms with Crippen molar-refractivity contribution in [1.82, 2.24) is 15.2 Å². The molecule has 0 atom stereocenters. The molecular weight excluding hydrogens is 162 g/mol. The Morgan fingerprint density at radius 3 is 2.62 bits per heavy atom. The fourth-order valence-corrected chi connectivity index (χ4v) is 1.26. The monoisotopic (exact) mass is 173 g/mol. The first-order valence-electron chi connectivity index (χ1n) is 4.34. The van der Waals surface area contributed by atoms with E-state index in [1.54, 1.807) is 6.33 Å². The number of benzene rings is 1. The first kappa shape index (κ1) is 7.98. The molecule has 1 aromatic heterocycles. The summed E-state index contributed by atoms with van der Waals surface area (Å²) in [5.74, 6) is 0.948. The first-order chi connectivity index (χ1) is 6.45.